The third-order valence-electron chi connectivity index (χ3n) is 4.62. The third kappa shape index (κ3) is 4.53. The zero-order valence-corrected chi connectivity index (χ0v) is 17.4. The monoisotopic (exact) mass is 436 g/mol. The van der Waals surface area contributed by atoms with Crippen LogP contribution in [-0.2, 0) is 17.8 Å². The van der Waals surface area contributed by atoms with Crippen molar-refractivity contribution in [2.75, 3.05) is 0 Å². The molecule has 0 unspecified atom stereocenters. The summed E-state index contributed by atoms with van der Waals surface area (Å²) >= 11 is 12.2. The predicted octanol–water partition coefficient (Wildman–Crippen LogP) is 5.08. The highest BCUT2D eigenvalue weighted by molar-refractivity contribution is 6.38. The minimum absolute atomic E-state index is 0.0935. The van der Waals surface area contributed by atoms with E-state index in [1.807, 2.05) is 59.2 Å². The lowest BCUT2D eigenvalue weighted by Gasteiger charge is -2.08. The molecule has 3 aromatic carbocycles. The molecule has 1 amide bonds. The van der Waals surface area contributed by atoms with Gasteiger partial charge in [0.05, 0.1) is 27.3 Å². The van der Waals surface area contributed by atoms with Gasteiger partial charge in [-0.1, -0.05) is 71.7 Å². The maximum Gasteiger partial charge on any atom is 0.260 e. The maximum atomic E-state index is 12.6. The largest absolute Gasteiger partial charge is 0.318 e. The van der Waals surface area contributed by atoms with E-state index in [1.54, 1.807) is 18.2 Å². The van der Waals surface area contributed by atoms with Crippen molar-refractivity contribution in [2.24, 2.45) is 5.10 Å². The first-order chi connectivity index (χ1) is 14.6. The molecule has 0 atom stereocenters. The molecular formula is C23H18Cl2N4O. The van der Waals surface area contributed by atoms with Crippen LogP contribution < -0.4 is 5.43 Å². The Hall–Kier alpha value is -3.15. The second-order valence-corrected chi connectivity index (χ2v) is 7.51. The molecule has 0 aliphatic carbocycles. The number of carbonyl (C=O) groups excluding carboxylic acids is 1. The number of benzene rings is 3. The molecule has 0 radical (unpaired) electrons. The van der Waals surface area contributed by atoms with Gasteiger partial charge in [-0.25, -0.2) is 10.4 Å². The van der Waals surface area contributed by atoms with E-state index in [0.717, 1.165) is 22.4 Å². The van der Waals surface area contributed by atoms with Crippen molar-refractivity contribution in [1.82, 2.24) is 15.0 Å². The number of aromatic nitrogens is 2. The number of fused-ring (bicyclic) bond motifs is 1. The molecule has 5 nitrogen and oxygen atoms in total. The van der Waals surface area contributed by atoms with E-state index in [4.69, 9.17) is 28.2 Å². The standard InChI is InChI=1S/C23H18Cl2N4O/c24-18-9-6-10-19(25)17(18)14-26-28-23(30)15-29-21-12-5-4-11-20(21)27-22(29)13-16-7-2-1-3-8-16/h1-12,14H,13,15H2,(H,28,30)/b26-14+. The fourth-order valence-electron chi connectivity index (χ4n) is 3.20. The first kappa shape index (κ1) is 20.1. The van der Waals surface area contributed by atoms with E-state index in [2.05, 4.69) is 10.5 Å². The smallest absolute Gasteiger partial charge is 0.260 e. The van der Waals surface area contributed by atoms with E-state index < -0.39 is 0 Å². The van der Waals surface area contributed by atoms with Crippen LogP contribution in [0.4, 0.5) is 0 Å². The highest BCUT2D eigenvalue weighted by Gasteiger charge is 2.14. The lowest BCUT2D eigenvalue weighted by Crippen LogP contribution is -2.24. The minimum atomic E-state index is -0.271. The fourth-order valence-corrected chi connectivity index (χ4v) is 3.69. The van der Waals surface area contributed by atoms with E-state index in [9.17, 15) is 4.79 Å². The molecule has 7 heteroatoms. The Bertz CT molecular complexity index is 1200. The van der Waals surface area contributed by atoms with E-state index in [-0.39, 0.29) is 12.5 Å². The van der Waals surface area contributed by atoms with Crippen LogP contribution in [0, 0.1) is 0 Å². The Labute approximate surface area is 184 Å². The quantitative estimate of drug-likeness (QED) is 0.338. The van der Waals surface area contributed by atoms with Crippen molar-refractivity contribution >= 4 is 46.4 Å². The summed E-state index contributed by atoms with van der Waals surface area (Å²) < 4.78 is 1.91. The lowest BCUT2D eigenvalue weighted by atomic mass is 10.1. The summed E-state index contributed by atoms with van der Waals surface area (Å²) in [6.45, 7) is 0.0935. The second-order valence-electron chi connectivity index (χ2n) is 6.69. The van der Waals surface area contributed by atoms with Gasteiger partial charge in [0, 0.05) is 12.0 Å². The molecule has 1 aromatic heterocycles. The van der Waals surface area contributed by atoms with E-state index >= 15 is 0 Å². The number of carbonyl (C=O) groups is 1. The maximum absolute atomic E-state index is 12.6. The highest BCUT2D eigenvalue weighted by atomic mass is 35.5. The van der Waals surface area contributed by atoms with Crippen molar-refractivity contribution in [3.63, 3.8) is 0 Å². The van der Waals surface area contributed by atoms with Gasteiger partial charge >= 0.3 is 0 Å². The van der Waals surface area contributed by atoms with Gasteiger partial charge in [-0.3, -0.25) is 4.79 Å². The summed E-state index contributed by atoms with van der Waals surface area (Å²) in [7, 11) is 0. The topological polar surface area (TPSA) is 59.3 Å². The number of imidazole rings is 1. The lowest BCUT2D eigenvalue weighted by molar-refractivity contribution is -0.121. The van der Waals surface area contributed by atoms with Gasteiger partial charge in [0.25, 0.3) is 5.91 Å². The Morgan fingerprint density at radius 1 is 0.967 bits per heavy atom. The summed E-state index contributed by atoms with van der Waals surface area (Å²) in [4.78, 5) is 17.3. The number of nitrogens with zero attached hydrogens (tertiary/aromatic N) is 3. The molecule has 1 N–H and O–H groups in total. The molecule has 0 saturated carbocycles. The van der Waals surface area contributed by atoms with Crippen LogP contribution >= 0.6 is 23.2 Å². The molecular weight excluding hydrogens is 419 g/mol. The molecule has 0 spiro atoms. The molecule has 1 heterocycles. The summed E-state index contributed by atoms with van der Waals surface area (Å²) in [5.41, 5.74) is 5.97. The Morgan fingerprint density at radius 2 is 1.67 bits per heavy atom. The molecule has 0 bridgehead atoms. The zero-order chi connectivity index (χ0) is 20.9. The number of hydrogen-bond acceptors (Lipinski definition) is 3. The number of hydrogen-bond donors (Lipinski definition) is 1. The van der Waals surface area contributed by atoms with Crippen LogP contribution in [0.1, 0.15) is 17.0 Å². The normalized spacial score (nSPS) is 11.3. The number of hydrazone groups is 1. The average Bonchev–Trinajstić information content (AvgIpc) is 3.08. The van der Waals surface area contributed by atoms with Crippen molar-refractivity contribution in [1.29, 1.82) is 0 Å². The van der Waals surface area contributed by atoms with Crippen molar-refractivity contribution in [3.05, 3.63) is 99.8 Å². The molecule has 0 fully saturated rings. The molecule has 150 valence electrons. The number of nitrogens with one attached hydrogen (secondary N) is 1. The first-order valence-corrected chi connectivity index (χ1v) is 10.1. The van der Waals surface area contributed by atoms with Crippen LogP contribution in [0.15, 0.2) is 77.9 Å². The van der Waals surface area contributed by atoms with E-state index in [1.165, 1.54) is 6.21 Å². The molecule has 30 heavy (non-hydrogen) atoms. The Balaban J connectivity index is 1.54. The first-order valence-electron chi connectivity index (χ1n) is 9.36. The second kappa shape index (κ2) is 9.11. The van der Waals surface area contributed by atoms with Gasteiger partial charge in [0.1, 0.15) is 12.4 Å². The molecule has 0 saturated heterocycles. The zero-order valence-electron chi connectivity index (χ0n) is 15.9. The van der Waals surface area contributed by atoms with Crippen LogP contribution in [0.3, 0.4) is 0 Å². The van der Waals surface area contributed by atoms with Gasteiger partial charge in [0.2, 0.25) is 0 Å². The number of para-hydroxylation sites is 2. The van der Waals surface area contributed by atoms with Gasteiger partial charge in [0.15, 0.2) is 0 Å². The third-order valence-corrected chi connectivity index (χ3v) is 5.28. The average molecular weight is 437 g/mol. The number of rotatable bonds is 6. The summed E-state index contributed by atoms with van der Waals surface area (Å²) in [6.07, 6.45) is 2.07. The SMILES string of the molecule is O=C(Cn1c(Cc2ccccc2)nc2ccccc21)N/N=C/c1c(Cl)cccc1Cl. The van der Waals surface area contributed by atoms with Crippen LogP contribution in [0.25, 0.3) is 11.0 Å². The van der Waals surface area contributed by atoms with Crippen molar-refractivity contribution < 1.29 is 4.79 Å². The van der Waals surface area contributed by atoms with Crippen molar-refractivity contribution in [3.8, 4) is 0 Å². The van der Waals surface area contributed by atoms with E-state index in [0.29, 0.717) is 22.0 Å². The Morgan fingerprint density at radius 3 is 2.43 bits per heavy atom. The molecule has 4 rings (SSSR count). The van der Waals surface area contributed by atoms with Crippen LogP contribution in [0.5, 0.6) is 0 Å². The van der Waals surface area contributed by atoms with Gasteiger partial charge in [-0.2, -0.15) is 5.10 Å². The summed E-state index contributed by atoms with van der Waals surface area (Å²) in [5, 5.41) is 4.94. The minimum Gasteiger partial charge on any atom is -0.318 e. The number of amides is 1. The van der Waals surface area contributed by atoms with Gasteiger partial charge in [-0.15, -0.1) is 0 Å². The van der Waals surface area contributed by atoms with Gasteiger partial charge in [-0.05, 0) is 29.8 Å². The molecule has 0 aliphatic rings. The summed E-state index contributed by atoms with van der Waals surface area (Å²) in [5.74, 6) is 0.544. The highest BCUT2D eigenvalue weighted by Crippen LogP contribution is 2.22. The fraction of sp³-hybridized carbons (Fsp3) is 0.0870. The van der Waals surface area contributed by atoms with Crippen LogP contribution in [-0.4, -0.2) is 21.7 Å². The predicted molar refractivity (Wildman–Crippen MR) is 121 cm³/mol. The van der Waals surface area contributed by atoms with Crippen molar-refractivity contribution in [2.45, 2.75) is 13.0 Å². The number of halogens is 2. The Kier molecular flexibility index (Phi) is 6.12. The summed E-state index contributed by atoms with van der Waals surface area (Å²) in [6, 6.07) is 23.0. The van der Waals surface area contributed by atoms with Gasteiger partial charge < -0.3 is 4.57 Å². The molecule has 0 aliphatic heterocycles. The molecule has 4 aromatic rings. The van der Waals surface area contributed by atoms with Crippen LogP contribution in [0.2, 0.25) is 10.0 Å².